The standard InChI is InChI=1S/C20H15ClN2O3S/c1-25-19-14(20(24)26-2)9-11-7-13(21)8-12(18(11)23-19)10-17-22-15-5-3-4-6-16(15)27-17/h3-9H,10H2,1-2H3. The van der Waals surface area contributed by atoms with Crippen LogP contribution in [0.4, 0.5) is 0 Å². The van der Waals surface area contributed by atoms with Gasteiger partial charge in [0.05, 0.1) is 35.0 Å². The second-order valence-corrected chi connectivity index (χ2v) is 7.48. The minimum absolute atomic E-state index is 0.224. The molecule has 2 aromatic heterocycles. The summed E-state index contributed by atoms with van der Waals surface area (Å²) in [6.45, 7) is 0. The Bertz CT molecular complexity index is 1140. The third kappa shape index (κ3) is 3.34. The predicted octanol–water partition coefficient (Wildman–Crippen LogP) is 4.88. The summed E-state index contributed by atoms with van der Waals surface area (Å²) in [5, 5.41) is 2.29. The summed E-state index contributed by atoms with van der Waals surface area (Å²) < 4.78 is 11.3. The fraction of sp³-hybridized carbons (Fsp3) is 0.150. The van der Waals surface area contributed by atoms with Gasteiger partial charge in [-0.25, -0.2) is 14.8 Å². The van der Waals surface area contributed by atoms with Crippen LogP contribution in [0.2, 0.25) is 5.02 Å². The summed E-state index contributed by atoms with van der Waals surface area (Å²) in [5.41, 5.74) is 2.89. The molecule has 0 fully saturated rings. The molecule has 0 amide bonds. The third-order valence-electron chi connectivity index (χ3n) is 4.21. The van der Waals surface area contributed by atoms with Crippen LogP contribution in [-0.2, 0) is 11.2 Å². The summed E-state index contributed by atoms with van der Waals surface area (Å²) in [6, 6.07) is 13.4. The smallest absolute Gasteiger partial charge is 0.343 e. The molecule has 0 atom stereocenters. The maximum Gasteiger partial charge on any atom is 0.343 e. The molecule has 0 aliphatic carbocycles. The zero-order valence-electron chi connectivity index (χ0n) is 14.7. The van der Waals surface area contributed by atoms with Crippen molar-refractivity contribution >= 4 is 50.0 Å². The molecule has 0 radical (unpaired) electrons. The van der Waals surface area contributed by atoms with Crippen LogP contribution in [0.25, 0.3) is 21.1 Å². The Morgan fingerprint density at radius 2 is 1.96 bits per heavy atom. The van der Waals surface area contributed by atoms with Crippen molar-refractivity contribution in [3.63, 3.8) is 0 Å². The molecule has 136 valence electrons. The second kappa shape index (κ2) is 7.13. The average molecular weight is 399 g/mol. The molecule has 0 saturated heterocycles. The van der Waals surface area contributed by atoms with Gasteiger partial charge in [-0.05, 0) is 35.9 Å². The highest BCUT2D eigenvalue weighted by atomic mass is 35.5. The number of hydrogen-bond donors (Lipinski definition) is 0. The van der Waals surface area contributed by atoms with Crippen LogP contribution in [0.3, 0.4) is 0 Å². The fourth-order valence-electron chi connectivity index (χ4n) is 3.01. The minimum Gasteiger partial charge on any atom is -0.480 e. The number of methoxy groups -OCH3 is 2. The van der Waals surface area contributed by atoms with E-state index in [1.165, 1.54) is 14.2 Å². The number of esters is 1. The molecule has 0 saturated carbocycles. The number of fused-ring (bicyclic) bond motifs is 2. The normalized spacial score (nSPS) is 11.1. The van der Waals surface area contributed by atoms with Crippen molar-refractivity contribution in [2.45, 2.75) is 6.42 Å². The molecule has 0 aliphatic rings. The van der Waals surface area contributed by atoms with Crippen molar-refractivity contribution < 1.29 is 14.3 Å². The van der Waals surface area contributed by atoms with Crippen LogP contribution in [0, 0.1) is 0 Å². The lowest BCUT2D eigenvalue weighted by atomic mass is 10.1. The van der Waals surface area contributed by atoms with Gasteiger partial charge in [0.25, 0.3) is 0 Å². The van der Waals surface area contributed by atoms with E-state index in [0.29, 0.717) is 11.4 Å². The van der Waals surface area contributed by atoms with Crippen molar-refractivity contribution in [2.24, 2.45) is 0 Å². The maximum absolute atomic E-state index is 12.0. The first-order valence-corrected chi connectivity index (χ1v) is 9.38. The van der Waals surface area contributed by atoms with Crippen LogP contribution in [0.1, 0.15) is 20.9 Å². The highest BCUT2D eigenvalue weighted by molar-refractivity contribution is 7.18. The number of halogens is 1. The van der Waals surface area contributed by atoms with Gasteiger partial charge in [-0.2, -0.15) is 0 Å². The van der Waals surface area contributed by atoms with E-state index in [1.807, 2.05) is 24.3 Å². The van der Waals surface area contributed by atoms with Gasteiger partial charge in [0.1, 0.15) is 5.56 Å². The first kappa shape index (κ1) is 17.7. The van der Waals surface area contributed by atoms with Crippen LogP contribution in [-0.4, -0.2) is 30.2 Å². The lowest BCUT2D eigenvalue weighted by Crippen LogP contribution is -2.06. The van der Waals surface area contributed by atoms with Gasteiger partial charge in [0.15, 0.2) is 0 Å². The molecule has 2 aromatic carbocycles. The molecule has 0 N–H and O–H groups in total. The fourth-order valence-corrected chi connectivity index (χ4v) is 4.25. The van der Waals surface area contributed by atoms with E-state index in [1.54, 1.807) is 23.5 Å². The maximum atomic E-state index is 12.0. The molecule has 4 aromatic rings. The first-order valence-electron chi connectivity index (χ1n) is 8.19. The van der Waals surface area contributed by atoms with E-state index >= 15 is 0 Å². The average Bonchev–Trinajstić information content (AvgIpc) is 3.08. The summed E-state index contributed by atoms with van der Waals surface area (Å²) in [7, 11) is 2.80. The Morgan fingerprint density at radius 3 is 2.70 bits per heavy atom. The molecule has 2 heterocycles. The van der Waals surface area contributed by atoms with Crippen molar-refractivity contribution in [3.8, 4) is 5.88 Å². The van der Waals surface area contributed by atoms with Crippen molar-refractivity contribution in [3.05, 3.63) is 63.6 Å². The summed E-state index contributed by atoms with van der Waals surface area (Å²) in [5.74, 6) is -0.281. The Kier molecular flexibility index (Phi) is 4.68. The summed E-state index contributed by atoms with van der Waals surface area (Å²) in [6.07, 6.45) is 0.587. The number of hydrogen-bond acceptors (Lipinski definition) is 6. The van der Waals surface area contributed by atoms with Gasteiger partial charge in [-0.3, -0.25) is 0 Å². The van der Waals surface area contributed by atoms with E-state index < -0.39 is 5.97 Å². The Balaban J connectivity index is 1.85. The van der Waals surface area contributed by atoms with E-state index in [0.717, 1.165) is 31.7 Å². The van der Waals surface area contributed by atoms with Crippen LogP contribution >= 0.6 is 22.9 Å². The highest BCUT2D eigenvalue weighted by Gasteiger charge is 2.18. The van der Waals surface area contributed by atoms with Crippen LogP contribution in [0.5, 0.6) is 5.88 Å². The Labute approximate surface area is 164 Å². The van der Waals surface area contributed by atoms with Crippen molar-refractivity contribution in [1.82, 2.24) is 9.97 Å². The number of pyridine rings is 1. The number of para-hydroxylation sites is 1. The molecule has 27 heavy (non-hydrogen) atoms. The lowest BCUT2D eigenvalue weighted by molar-refractivity contribution is 0.0596. The predicted molar refractivity (Wildman–Crippen MR) is 107 cm³/mol. The highest BCUT2D eigenvalue weighted by Crippen LogP contribution is 2.31. The molecule has 4 rings (SSSR count). The van der Waals surface area contributed by atoms with E-state index in [-0.39, 0.29) is 11.4 Å². The summed E-state index contributed by atoms with van der Waals surface area (Å²) in [4.78, 5) is 21.3. The molecule has 0 aliphatic heterocycles. The Hall–Kier alpha value is -2.70. The monoisotopic (exact) mass is 398 g/mol. The van der Waals surface area contributed by atoms with Crippen LogP contribution in [0.15, 0.2) is 42.5 Å². The topological polar surface area (TPSA) is 61.3 Å². The van der Waals surface area contributed by atoms with E-state index in [4.69, 9.17) is 21.1 Å². The molecular formula is C20H15ClN2O3S. The SMILES string of the molecule is COC(=O)c1cc2cc(Cl)cc(Cc3nc4ccccc4s3)c2nc1OC. The van der Waals surface area contributed by atoms with Gasteiger partial charge >= 0.3 is 5.97 Å². The minimum atomic E-state index is -0.506. The molecule has 0 unspecified atom stereocenters. The molecule has 0 spiro atoms. The van der Waals surface area contributed by atoms with E-state index in [2.05, 4.69) is 16.0 Å². The molecule has 0 bridgehead atoms. The van der Waals surface area contributed by atoms with Crippen molar-refractivity contribution in [1.29, 1.82) is 0 Å². The van der Waals surface area contributed by atoms with Crippen LogP contribution < -0.4 is 4.74 Å². The third-order valence-corrected chi connectivity index (χ3v) is 5.46. The molecule has 5 nitrogen and oxygen atoms in total. The van der Waals surface area contributed by atoms with Crippen molar-refractivity contribution in [2.75, 3.05) is 14.2 Å². The number of benzene rings is 2. The van der Waals surface area contributed by atoms with Gasteiger partial charge < -0.3 is 9.47 Å². The van der Waals surface area contributed by atoms with Gasteiger partial charge in [0, 0.05) is 16.8 Å². The zero-order chi connectivity index (χ0) is 19.0. The van der Waals surface area contributed by atoms with Gasteiger partial charge in [-0.1, -0.05) is 23.7 Å². The van der Waals surface area contributed by atoms with Gasteiger partial charge in [0.2, 0.25) is 5.88 Å². The largest absolute Gasteiger partial charge is 0.480 e. The number of carbonyl (C=O) groups is 1. The van der Waals surface area contributed by atoms with Gasteiger partial charge in [-0.15, -0.1) is 11.3 Å². The van der Waals surface area contributed by atoms with E-state index in [9.17, 15) is 4.79 Å². The number of ether oxygens (including phenoxy) is 2. The number of carbonyl (C=O) groups excluding carboxylic acids is 1. The first-order chi connectivity index (χ1) is 13.1. The molecule has 7 heteroatoms. The zero-order valence-corrected chi connectivity index (χ0v) is 16.2. The quantitative estimate of drug-likeness (QED) is 0.458. The number of aromatic nitrogens is 2. The number of nitrogens with zero attached hydrogens (tertiary/aromatic N) is 2. The summed E-state index contributed by atoms with van der Waals surface area (Å²) >= 11 is 7.96. The number of thiazole rings is 1. The Morgan fingerprint density at radius 1 is 1.15 bits per heavy atom. The second-order valence-electron chi connectivity index (χ2n) is 5.93. The number of rotatable bonds is 4. The molecular weight excluding hydrogens is 384 g/mol. The lowest BCUT2D eigenvalue weighted by Gasteiger charge is -2.11.